The van der Waals surface area contributed by atoms with Crippen molar-refractivity contribution in [2.24, 2.45) is 0 Å². The number of rotatable bonds is 6. The topological polar surface area (TPSA) is 93.0 Å². The molecule has 9 heteroatoms. The van der Waals surface area contributed by atoms with Crippen molar-refractivity contribution in [1.29, 1.82) is 0 Å². The molecular formula is C16H27N5O4. The minimum atomic E-state index is -0.0653. The molecule has 140 valence electrons. The molecule has 1 unspecified atom stereocenters. The van der Waals surface area contributed by atoms with Crippen molar-refractivity contribution in [2.45, 2.75) is 38.5 Å². The van der Waals surface area contributed by atoms with Crippen molar-refractivity contribution >= 4 is 6.03 Å². The maximum atomic E-state index is 12.6. The van der Waals surface area contributed by atoms with Gasteiger partial charge in [-0.2, -0.15) is 4.98 Å². The minimum absolute atomic E-state index is 0.0653. The second-order valence-electron chi connectivity index (χ2n) is 6.45. The lowest BCUT2D eigenvalue weighted by molar-refractivity contribution is 0.0221. The Hall–Kier alpha value is -1.71. The number of amides is 2. The number of hydrogen-bond donors (Lipinski definition) is 1. The van der Waals surface area contributed by atoms with E-state index in [0.717, 1.165) is 52.2 Å². The number of hydrogen-bond acceptors (Lipinski definition) is 7. The molecule has 2 amide bonds. The largest absolute Gasteiger partial charge is 0.379 e. The van der Waals surface area contributed by atoms with Gasteiger partial charge in [-0.1, -0.05) is 5.16 Å². The Kier molecular flexibility index (Phi) is 6.60. The monoisotopic (exact) mass is 353 g/mol. The zero-order valence-electron chi connectivity index (χ0n) is 14.8. The molecule has 25 heavy (non-hydrogen) atoms. The quantitative estimate of drug-likeness (QED) is 0.801. The van der Waals surface area contributed by atoms with E-state index in [0.29, 0.717) is 18.3 Å². The fourth-order valence-corrected chi connectivity index (χ4v) is 3.34. The van der Waals surface area contributed by atoms with Crippen LogP contribution in [-0.4, -0.2) is 78.5 Å². The molecule has 2 saturated heterocycles. The SMILES string of the molecule is COCc1noc(CNC(=O)N2CCCCC2CN2CCOCC2)n1. The predicted octanol–water partition coefficient (Wildman–Crippen LogP) is 0.612. The average molecular weight is 353 g/mol. The van der Waals surface area contributed by atoms with E-state index in [-0.39, 0.29) is 18.6 Å². The second kappa shape index (κ2) is 9.12. The van der Waals surface area contributed by atoms with E-state index < -0.39 is 0 Å². The first-order valence-corrected chi connectivity index (χ1v) is 8.91. The number of piperidine rings is 1. The van der Waals surface area contributed by atoms with Gasteiger partial charge in [0, 0.05) is 39.3 Å². The van der Waals surface area contributed by atoms with Crippen molar-refractivity contribution in [3.63, 3.8) is 0 Å². The number of likely N-dealkylation sites (tertiary alicyclic amines) is 1. The number of morpholine rings is 1. The Morgan fingerprint density at radius 3 is 2.96 bits per heavy atom. The van der Waals surface area contributed by atoms with Crippen molar-refractivity contribution in [3.8, 4) is 0 Å². The number of carbonyl (C=O) groups excluding carboxylic acids is 1. The highest BCUT2D eigenvalue weighted by atomic mass is 16.5. The van der Waals surface area contributed by atoms with E-state index in [2.05, 4.69) is 20.4 Å². The third kappa shape index (κ3) is 5.13. The van der Waals surface area contributed by atoms with Crippen molar-refractivity contribution in [1.82, 2.24) is 25.3 Å². The van der Waals surface area contributed by atoms with Gasteiger partial charge in [0.05, 0.1) is 19.8 Å². The van der Waals surface area contributed by atoms with Gasteiger partial charge in [0.25, 0.3) is 0 Å². The van der Waals surface area contributed by atoms with Crippen LogP contribution < -0.4 is 5.32 Å². The lowest BCUT2D eigenvalue weighted by atomic mass is 10.0. The number of aromatic nitrogens is 2. The van der Waals surface area contributed by atoms with Gasteiger partial charge in [0.1, 0.15) is 6.61 Å². The number of nitrogens with zero attached hydrogens (tertiary/aromatic N) is 4. The number of methoxy groups -OCH3 is 1. The van der Waals surface area contributed by atoms with Gasteiger partial charge in [-0.3, -0.25) is 4.90 Å². The standard InChI is InChI=1S/C16H27N5O4/c1-23-12-14-18-15(25-19-14)10-17-16(22)21-5-3-2-4-13(21)11-20-6-8-24-9-7-20/h13H,2-12H2,1H3,(H,17,22). The van der Waals surface area contributed by atoms with E-state index in [4.69, 9.17) is 14.0 Å². The highest BCUT2D eigenvalue weighted by Crippen LogP contribution is 2.18. The van der Waals surface area contributed by atoms with Crippen LogP contribution in [0.15, 0.2) is 4.52 Å². The van der Waals surface area contributed by atoms with Crippen molar-refractivity contribution < 1.29 is 18.8 Å². The molecule has 1 N–H and O–H groups in total. The van der Waals surface area contributed by atoms with E-state index in [1.165, 1.54) is 6.42 Å². The smallest absolute Gasteiger partial charge is 0.318 e. The first kappa shape index (κ1) is 18.1. The van der Waals surface area contributed by atoms with Crippen molar-refractivity contribution in [2.75, 3.05) is 46.5 Å². The number of nitrogens with one attached hydrogen (secondary N) is 1. The summed E-state index contributed by atoms with van der Waals surface area (Å²) in [5, 5.41) is 6.69. The second-order valence-corrected chi connectivity index (χ2v) is 6.45. The molecule has 2 fully saturated rings. The summed E-state index contributed by atoms with van der Waals surface area (Å²) >= 11 is 0. The van der Waals surface area contributed by atoms with Crippen LogP contribution in [0.3, 0.4) is 0 Å². The molecule has 1 atom stereocenters. The summed E-state index contributed by atoms with van der Waals surface area (Å²) in [6, 6.07) is 0.183. The van der Waals surface area contributed by atoms with Gasteiger partial charge >= 0.3 is 6.03 Å². The molecule has 1 aromatic heterocycles. The molecule has 1 aromatic rings. The van der Waals surface area contributed by atoms with Gasteiger partial charge in [-0.15, -0.1) is 0 Å². The summed E-state index contributed by atoms with van der Waals surface area (Å²) in [6.45, 7) is 5.67. The van der Waals surface area contributed by atoms with Crippen LogP contribution in [0.25, 0.3) is 0 Å². The highest BCUT2D eigenvalue weighted by molar-refractivity contribution is 5.74. The van der Waals surface area contributed by atoms with E-state index in [1.807, 2.05) is 4.90 Å². The van der Waals surface area contributed by atoms with Crippen LogP contribution in [0.1, 0.15) is 31.0 Å². The highest BCUT2D eigenvalue weighted by Gasteiger charge is 2.29. The first-order chi connectivity index (χ1) is 12.3. The maximum absolute atomic E-state index is 12.6. The van der Waals surface area contributed by atoms with Crippen LogP contribution in [0.5, 0.6) is 0 Å². The molecule has 3 heterocycles. The van der Waals surface area contributed by atoms with Gasteiger partial charge < -0.3 is 24.2 Å². The molecule has 0 aliphatic carbocycles. The van der Waals surface area contributed by atoms with E-state index >= 15 is 0 Å². The summed E-state index contributed by atoms with van der Waals surface area (Å²) in [4.78, 5) is 21.1. The van der Waals surface area contributed by atoms with Crippen LogP contribution >= 0.6 is 0 Å². The maximum Gasteiger partial charge on any atom is 0.318 e. The van der Waals surface area contributed by atoms with Crippen LogP contribution in [0.2, 0.25) is 0 Å². The van der Waals surface area contributed by atoms with Gasteiger partial charge in [-0.25, -0.2) is 4.79 Å². The number of urea groups is 1. The summed E-state index contributed by atoms with van der Waals surface area (Å²) in [5.74, 6) is 0.872. The summed E-state index contributed by atoms with van der Waals surface area (Å²) in [7, 11) is 1.57. The predicted molar refractivity (Wildman–Crippen MR) is 88.9 cm³/mol. The average Bonchev–Trinajstić information content (AvgIpc) is 3.09. The molecule has 2 aliphatic rings. The Bertz CT molecular complexity index is 546. The third-order valence-corrected chi connectivity index (χ3v) is 4.64. The molecule has 0 saturated carbocycles. The van der Waals surface area contributed by atoms with Gasteiger partial charge in [0.2, 0.25) is 5.89 Å². The third-order valence-electron chi connectivity index (χ3n) is 4.64. The molecular weight excluding hydrogens is 326 g/mol. The molecule has 3 rings (SSSR count). The van der Waals surface area contributed by atoms with Crippen LogP contribution in [-0.2, 0) is 22.6 Å². The Balaban J connectivity index is 1.50. The summed E-state index contributed by atoms with van der Waals surface area (Å²) in [6.07, 6.45) is 3.26. The molecule has 0 aromatic carbocycles. The fourth-order valence-electron chi connectivity index (χ4n) is 3.34. The van der Waals surface area contributed by atoms with Gasteiger partial charge in [-0.05, 0) is 19.3 Å². The van der Waals surface area contributed by atoms with Gasteiger partial charge in [0.15, 0.2) is 5.82 Å². The van der Waals surface area contributed by atoms with E-state index in [9.17, 15) is 4.79 Å². The lowest BCUT2D eigenvalue weighted by Crippen LogP contribution is -2.53. The van der Waals surface area contributed by atoms with E-state index in [1.54, 1.807) is 7.11 Å². The molecule has 0 spiro atoms. The Morgan fingerprint density at radius 1 is 1.32 bits per heavy atom. The van der Waals surface area contributed by atoms with Crippen LogP contribution in [0, 0.1) is 0 Å². The van der Waals surface area contributed by atoms with Crippen molar-refractivity contribution in [3.05, 3.63) is 11.7 Å². The summed E-state index contributed by atoms with van der Waals surface area (Å²) in [5.41, 5.74) is 0. The number of carbonyl (C=O) groups is 1. The summed E-state index contributed by atoms with van der Waals surface area (Å²) < 4.78 is 15.5. The Labute approximate surface area is 147 Å². The Morgan fingerprint density at radius 2 is 2.16 bits per heavy atom. The molecule has 2 aliphatic heterocycles. The van der Waals surface area contributed by atoms with Crippen LogP contribution in [0.4, 0.5) is 4.79 Å². The molecule has 9 nitrogen and oxygen atoms in total. The number of ether oxygens (including phenoxy) is 2. The minimum Gasteiger partial charge on any atom is -0.379 e. The first-order valence-electron chi connectivity index (χ1n) is 8.91. The normalized spacial score (nSPS) is 22.1. The molecule has 0 bridgehead atoms. The lowest BCUT2D eigenvalue weighted by Gasteiger charge is -2.39. The fraction of sp³-hybridized carbons (Fsp3) is 0.812. The zero-order valence-corrected chi connectivity index (χ0v) is 14.8. The zero-order chi connectivity index (χ0) is 17.5. The molecule has 0 radical (unpaired) electrons.